The van der Waals surface area contributed by atoms with Crippen molar-refractivity contribution < 1.29 is 19.0 Å². The Morgan fingerprint density at radius 3 is 2.64 bits per heavy atom. The zero-order valence-electron chi connectivity index (χ0n) is 14.0. The second kappa shape index (κ2) is 8.23. The first-order valence-electron chi connectivity index (χ1n) is 8.51. The molecular weight excluding hydrogens is 321 g/mol. The van der Waals surface area contributed by atoms with E-state index in [4.69, 9.17) is 4.74 Å². The molecule has 0 unspecified atom stereocenters. The summed E-state index contributed by atoms with van der Waals surface area (Å²) in [5.41, 5.74) is 1.74. The summed E-state index contributed by atoms with van der Waals surface area (Å²) in [5.74, 6) is -0.301. The average molecular weight is 343 g/mol. The van der Waals surface area contributed by atoms with E-state index < -0.39 is 6.10 Å². The van der Waals surface area contributed by atoms with Crippen molar-refractivity contribution in [2.75, 3.05) is 13.3 Å². The predicted molar refractivity (Wildman–Crippen MR) is 92.1 cm³/mol. The van der Waals surface area contributed by atoms with Crippen LogP contribution in [-0.4, -0.2) is 29.3 Å². The van der Waals surface area contributed by atoms with Crippen LogP contribution in [0.4, 0.5) is 4.39 Å². The van der Waals surface area contributed by atoms with Gasteiger partial charge < -0.3 is 14.7 Å². The molecule has 2 atom stereocenters. The van der Waals surface area contributed by atoms with Crippen LogP contribution in [0.15, 0.2) is 54.6 Å². The van der Waals surface area contributed by atoms with Gasteiger partial charge in [-0.25, -0.2) is 4.39 Å². The summed E-state index contributed by atoms with van der Waals surface area (Å²) in [5, 5.41) is 10.1. The lowest BCUT2D eigenvalue weighted by Gasteiger charge is -2.23. The molecule has 4 nitrogen and oxygen atoms in total. The molecule has 0 aliphatic carbocycles. The van der Waals surface area contributed by atoms with E-state index in [2.05, 4.69) is 0 Å². The lowest BCUT2D eigenvalue weighted by molar-refractivity contribution is -0.133. The molecule has 0 bridgehead atoms. The standard InChI is InChI=1S/C20H22FNO3/c21-17-11-9-16(10-12-17)19(23)7-4-8-20(24)22-14-25-13-18(22)15-5-2-1-3-6-15/h1-3,5-6,9-12,18-19,23H,4,7-8,13-14H2/t18-,19-/m1/s1. The molecule has 0 radical (unpaired) electrons. The first-order chi connectivity index (χ1) is 12.1. The highest BCUT2D eigenvalue weighted by molar-refractivity contribution is 5.76. The summed E-state index contributed by atoms with van der Waals surface area (Å²) in [6, 6.07) is 15.6. The second-order valence-electron chi connectivity index (χ2n) is 6.25. The topological polar surface area (TPSA) is 49.8 Å². The molecule has 1 amide bonds. The Hall–Kier alpha value is -2.24. The van der Waals surface area contributed by atoms with E-state index in [1.165, 1.54) is 12.1 Å². The van der Waals surface area contributed by atoms with Gasteiger partial charge in [-0.1, -0.05) is 42.5 Å². The Morgan fingerprint density at radius 2 is 1.92 bits per heavy atom. The van der Waals surface area contributed by atoms with Crippen LogP contribution in [0.5, 0.6) is 0 Å². The maximum absolute atomic E-state index is 12.9. The van der Waals surface area contributed by atoms with Crippen molar-refractivity contribution in [3.05, 3.63) is 71.5 Å². The maximum atomic E-state index is 12.9. The number of hydrogen-bond donors (Lipinski definition) is 1. The molecule has 132 valence electrons. The van der Waals surface area contributed by atoms with E-state index in [0.29, 0.717) is 38.2 Å². The molecule has 25 heavy (non-hydrogen) atoms. The first-order valence-corrected chi connectivity index (χ1v) is 8.51. The third-order valence-corrected chi connectivity index (χ3v) is 4.51. The monoisotopic (exact) mass is 343 g/mol. The van der Waals surface area contributed by atoms with E-state index in [1.54, 1.807) is 17.0 Å². The quantitative estimate of drug-likeness (QED) is 0.872. The summed E-state index contributed by atoms with van der Waals surface area (Å²) in [4.78, 5) is 14.3. The minimum atomic E-state index is -0.687. The Kier molecular flexibility index (Phi) is 5.79. The number of ether oxygens (including phenoxy) is 1. The smallest absolute Gasteiger partial charge is 0.224 e. The molecule has 3 rings (SSSR count). The largest absolute Gasteiger partial charge is 0.388 e. The lowest BCUT2D eigenvalue weighted by atomic mass is 10.0. The van der Waals surface area contributed by atoms with Crippen molar-refractivity contribution in [3.63, 3.8) is 0 Å². The van der Waals surface area contributed by atoms with E-state index >= 15 is 0 Å². The Balaban J connectivity index is 1.51. The Bertz CT molecular complexity index is 690. The predicted octanol–water partition coefficient (Wildman–Crippen LogP) is 3.59. The van der Waals surface area contributed by atoms with E-state index in [1.807, 2.05) is 30.3 Å². The molecule has 0 saturated carbocycles. The molecule has 1 saturated heterocycles. The molecule has 0 spiro atoms. The fraction of sp³-hybridized carbons (Fsp3) is 0.350. The van der Waals surface area contributed by atoms with Gasteiger partial charge in [0.2, 0.25) is 5.91 Å². The molecule has 0 aromatic heterocycles. The minimum Gasteiger partial charge on any atom is -0.388 e. The number of carbonyl (C=O) groups excluding carboxylic acids is 1. The molecule has 1 aliphatic rings. The van der Waals surface area contributed by atoms with E-state index in [-0.39, 0.29) is 17.8 Å². The van der Waals surface area contributed by atoms with Crippen molar-refractivity contribution >= 4 is 5.91 Å². The third kappa shape index (κ3) is 4.44. The molecule has 2 aromatic rings. The molecule has 1 N–H and O–H groups in total. The van der Waals surface area contributed by atoms with Gasteiger partial charge in [-0.2, -0.15) is 0 Å². The highest BCUT2D eigenvalue weighted by atomic mass is 19.1. The molecule has 1 heterocycles. The van der Waals surface area contributed by atoms with Gasteiger partial charge in [-0.15, -0.1) is 0 Å². The number of nitrogens with zero attached hydrogens (tertiary/aromatic N) is 1. The minimum absolute atomic E-state index is 0.0256. The van der Waals surface area contributed by atoms with Gasteiger partial charge in [-0.3, -0.25) is 4.79 Å². The SMILES string of the molecule is O=C(CCC[C@@H](O)c1ccc(F)cc1)N1COC[C@@H]1c1ccccc1. The van der Waals surface area contributed by atoms with Gasteiger partial charge in [0.15, 0.2) is 0 Å². The molecule has 1 fully saturated rings. The van der Waals surface area contributed by atoms with Gasteiger partial charge in [0.25, 0.3) is 0 Å². The molecule has 5 heteroatoms. The second-order valence-corrected chi connectivity index (χ2v) is 6.25. The fourth-order valence-corrected chi connectivity index (χ4v) is 3.08. The maximum Gasteiger partial charge on any atom is 0.224 e. The third-order valence-electron chi connectivity index (χ3n) is 4.51. The molecule has 2 aromatic carbocycles. The summed E-state index contributed by atoms with van der Waals surface area (Å²) in [7, 11) is 0. The van der Waals surface area contributed by atoms with Crippen LogP contribution in [0.2, 0.25) is 0 Å². The zero-order valence-corrected chi connectivity index (χ0v) is 14.0. The number of aliphatic hydroxyl groups is 1. The Labute approximate surface area is 146 Å². The fourth-order valence-electron chi connectivity index (χ4n) is 3.08. The highest BCUT2D eigenvalue weighted by Crippen LogP contribution is 2.27. The summed E-state index contributed by atoms with van der Waals surface area (Å²) in [6.07, 6.45) is 0.690. The van der Waals surface area contributed by atoms with Gasteiger partial charge in [0.05, 0.1) is 18.8 Å². The number of hydrogen-bond acceptors (Lipinski definition) is 3. The van der Waals surface area contributed by atoms with Crippen LogP contribution in [0.1, 0.15) is 42.5 Å². The number of benzene rings is 2. The van der Waals surface area contributed by atoms with E-state index in [9.17, 15) is 14.3 Å². The summed E-state index contributed by atoms with van der Waals surface area (Å²) >= 11 is 0. The number of halogens is 1. The van der Waals surface area contributed by atoms with Gasteiger partial charge >= 0.3 is 0 Å². The van der Waals surface area contributed by atoms with Crippen LogP contribution >= 0.6 is 0 Å². The highest BCUT2D eigenvalue weighted by Gasteiger charge is 2.30. The van der Waals surface area contributed by atoms with Crippen molar-refractivity contribution in [2.24, 2.45) is 0 Å². The zero-order chi connectivity index (χ0) is 17.6. The van der Waals surface area contributed by atoms with Crippen molar-refractivity contribution in [3.8, 4) is 0 Å². The summed E-state index contributed by atoms with van der Waals surface area (Å²) in [6.45, 7) is 0.812. The van der Waals surface area contributed by atoms with Crippen LogP contribution < -0.4 is 0 Å². The number of rotatable bonds is 6. The molecule has 1 aliphatic heterocycles. The number of carbonyl (C=O) groups is 1. The van der Waals surface area contributed by atoms with E-state index in [0.717, 1.165) is 5.56 Å². The van der Waals surface area contributed by atoms with Gasteiger partial charge in [0.1, 0.15) is 12.5 Å². The normalized spacial score (nSPS) is 18.3. The number of amides is 1. The van der Waals surface area contributed by atoms with Crippen LogP contribution in [-0.2, 0) is 9.53 Å². The van der Waals surface area contributed by atoms with Gasteiger partial charge in [-0.05, 0) is 36.1 Å². The summed E-state index contributed by atoms with van der Waals surface area (Å²) < 4.78 is 18.4. The van der Waals surface area contributed by atoms with Crippen molar-refractivity contribution in [1.29, 1.82) is 0 Å². The van der Waals surface area contributed by atoms with Crippen LogP contribution in [0.3, 0.4) is 0 Å². The Morgan fingerprint density at radius 1 is 1.20 bits per heavy atom. The van der Waals surface area contributed by atoms with Gasteiger partial charge in [0, 0.05) is 6.42 Å². The average Bonchev–Trinajstić information content (AvgIpc) is 3.13. The van der Waals surface area contributed by atoms with Crippen molar-refractivity contribution in [2.45, 2.75) is 31.4 Å². The molecular formula is C20H22FNO3. The van der Waals surface area contributed by atoms with Crippen LogP contribution in [0.25, 0.3) is 0 Å². The number of aliphatic hydroxyl groups excluding tert-OH is 1. The van der Waals surface area contributed by atoms with Crippen molar-refractivity contribution in [1.82, 2.24) is 4.90 Å². The first kappa shape index (κ1) is 17.6. The van der Waals surface area contributed by atoms with Crippen LogP contribution in [0, 0.1) is 5.82 Å². The lowest BCUT2D eigenvalue weighted by Crippen LogP contribution is -2.31.